The summed E-state index contributed by atoms with van der Waals surface area (Å²) < 4.78 is 32.3. The molecular weight excluding hydrogens is 244 g/mol. The van der Waals surface area contributed by atoms with E-state index in [-0.39, 0.29) is 11.3 Å². The number of hydrogen-bond donors (Lipinski definition) is 1. The van der Waals surface area contributed by atoms with Crippen LogP contribution in [0.5, 0.6) is 5.75 Å². The molecule has 0 fully saturated rings. The van der Waals surface area contributed by atoms with Gasteiger partial charge in [-0.15, -0.1) is 0 Å². The summed E-state index contributed by atoms with van der Waals surface area (Å²) in [7, 11) is 1.35. The normalized spacial score (nSPS) is 12.5. The van der Waals surface area contributed by atoms with Gasteiger partial charge in [-0.25, -0.2) is 8.78 Å². The molecule has 0 aliphatic rings. The monoisotopic (exact) mass is 255 g/mol. The average molecular weight is 255 g/mol. The van der Waals surface area contributed by atoms with Gasteiger partial charge >= 0.3 is 0 Å². The molecule has 0 spiro atoms. The van der Waals surface area contributed by atoms with Gasteiger partial charge in [0.15, 0.2) is 0 Å². The lowest BCUT2D eigenvalue weighted by Gasteiger charge is -2.13. The summed E-state index contributed by atoms with van der Waals surface area (Å²) in [6, 6.07) is 3.21. The summed E-state index contributed by atoms with van der Waals surface area (Å²) in [5, 5.41) is 3.59. The number of methoxy groups -OCH3 is 1. The average Bonchev–Trinajstić information content (AvgIpc) is 2.81. The van der Waals surface area contributed by atoms with E-state index in [0.29, 0.717) is 5.56 Å². The Hall–Kier alpha value is -1.46. The molecular formula is C12H11F2NOS. The second-order valence-corrected chi connectivity index (χ2v) is 4.32. The van der Waals surface area contributed by atoms with Crippen molar-refractivity contribution in [2.75, 3.05) is 7.11 Å². The van der Waals surface area contributed by atoms with Crippen molar-refractivity contribution in [2.24, 2.45) is 5.73 Å². The van der Waals surface area contributed by atoms with Crippen molar-refractivity contribution in [3.05, 3.63) is 51.7 Å². The molecule has 2 aromatic rings. The van der Waals surface area contributed by atoms with Gasteiger partial charge in [0.1, 0.15) is 17.4 Å². The van der Waals surface area contributed by atoms with E-state index in [1.165, 1.54) is 18.4 Å². The van der Waals surface area contributed by atoms with Gasteiger partial charge in [0.05, 0.1) is 13.2 Å². The van der Waals surface area contributed by atoms with E-state index in [1.54, 1.807) is 11.4 Å². The molecule has 0 amide bonds. The minimum Gasteiger partial charge on any atom is -0.497 e. The Morgan fingerprint density at radius 2 is 1.94 bits per heavy atom. The van der Waals surface area contributed by atoms with E-state index in [0.717, 1.165) is 12.1 Å². The molecule has 1 heterocycles. The van der Waals surface area contributed by atoms with E-state index < -0.39 is 17.7 Å². The van der Waals surface area contributed by atoms with Gasteiger partial charge in [-0.05, 0) is 22.4 Å². The van der Waals surface area contributed by atoms with Crippen LogP contribution in [-0.2, 0) is 0 Å². The number of hydrogen-bond acceptors (Lipinski definition) is 3. The number of halogens is 2. The lowest BCUT2D eigenvalue weighted by Crippen LogP contribution is -2.15. The molecule has 0 radical (unpaired) electrons. The van der Waals surface area contributed by atoms with Crippen molar-refractivity contribution in [1.29, 1.82) is 0 Å². The molecule has 0 saturated carbocycles. The van der Waals surface area contributed by atoms with E-state index >= 15 is 0 Å². The van der Waals surface area contributed by atoms with Gasteiger partial charge < -0.3 is 10.5 Å². The lowest BCUT2D eigenvalue weighted by molar-refractivity contribution is 0.404. The van der Waals surface area contributed by atoms with Crippen molar-refractivity contribution >= 4 is 11.3 Å². The third kappa shape index (κ3) is 2.30. The van der Waals surface area contributed by atoms with E-state index in [9.17, 15) is 8.78 Å². The van der Waals surface area contributed by atoms with Crippen molar-refractivity contribution in [3.8, 4) is 5.75 Å². The van der Waals surface area contributed by atoms with E-state index in [4.69, 9.17) is 10.5 Å². The standard InChI is InChI=1S/C12H11F2NOS/c1-16-8-4-9(13)11(10(14)5-8)12(15)7-2-3-17-6-7/h2-6,12H,15H2,1H3/t12-/m0/s1. The van der Waals surface area contributed by atoms with Gasteiger partial charge in [-0.3, -0.25) is 0 Å². The zero-order valence-corrected chi connectivity index (χ0v) is 9.93. The molecule has 2 rings (SSSR count). The zero-order valence-electron chi connectivity index (χ0n) is 9.11. The molecule has 0 aliphatic heterocycles. The Bertz CT molecular complexity index is 490. The second-order valence-electron chi connectivity index (χ2n) is 3.54. The van der Waals surface area contributed by atoms with Crippen LogP contribution >= 0.6 is 11.3 Å². The molecule has 5 heteroatoms. The molecule has 0 unspecified atom stereocenters. The minimum absolute atomic E-state index is 0.135. The molecule has 2 N–H and O–H groups in total. The Morgan fingerprint density at radius 1 is 1.29 bits per heavy atom. The van der Waals surface area contributed by atoms with Gasteiger partial charge in [0, 0.05) is 17.7 Å². The fourth-order valence-corrected chi connectivity index (χ4v) is 2.29. The Labute approximate surface area is 102 Å². The first-order valence-electron chi connectivity index (χ1n) is 4.94. The van der Waals surface area contributed by atoms with Crippen molar-refractivity contribution in [2.45, 2.75) is 6.04 Å². The van der Waals surface area contributed by atoms with Crippen LogP contribution in [0.2, 0.25) is 0 Å². The molecule has 0 saturated heterocycles. The fraction of sp³-hybridized carbons (Fsp3) is 0.167. The molecule has 0 bridgehead atoms. The van der Waals surface area contributed by atoms with Crippen molar-refractivity contribution in [3.63, 3.8) is 0 Å². The Balaban J connectivity index is 2.45. The van der Waals surface area contributed by atoms with Crippen LogP contribution in [0.15, 0.2) is 29.0 Å². The highest BCUT2D eigenvalue weighted by molar-refractivity contribution is 7.08. The van der Waals surface area contributed by atoms with Gasteiger partial charge in [-0.2, -0.15) is 11.3 Å². The van der Waals surface area contributed by atoms with Crippen LogP contribution in [0.3, 0.4) is 0 Å². The second kappa shape index (κ2) is 4.81. The summed E-state index contributed by atoms with van der Waals surface area (Å²) in [5.74, 6) is -1.25. The van der Waals surface area contributed by atoms with Crippen LogP contribution in [0.25, 0.3) is 0 Å². The number of nitrogens with two attached hydrogens (primary N) is 1. The molecule has 1 atom stereocenters. The number of thiophene rings is 1. The van der Waals surface area contributed by atoms with E-state index in [2.05, 4.69) is 0 Å². The SMILES string of the molecule is COc1cc(F)c([C@@H](N)c2ccsc2)c(F)c1. The van der Waals surface area contributed by atoms with Crippen LogP contribution in [0.1, 0.15) is 17.2 Å². The highest BCUT2D eigenvalue weighted by Crippen LogP contribution is 2.29. The van der Waals surface area contributed by atoms with Gasteiger partial charge in [0.2, 0.25) is 0 Å². The highest BCUT2D eigenvalue weighted by Gasteiger charge is 2.20. The first-order chi connectivity index (χ1) is 8.13. The third-order valence-corrected chi connectivity index (χ3v) is 3.20. The fourth-order valence-electron chi connectivity index (χ4n) is 1.59. The van der Waals surface area contributed by atoms with Crippen molar-refractivity contribution < 1.29 is 13.5 Å². The number of ether oxygens (including phenoxy) is 1. The zero-order chi connectivity index (χ0) is 12.4. The van der Waals surface area contributed by atoms with Crippen LogP contribution in [0.4, 0.5) is 8.78 Å². The summed E-state index contributed by atoms with van der Waals surface area (Å²) >= 11 is 1.43. The molecule has 17 heavy (non-hydrogen) atoms. The Morgan fingerprint density at radius 3 is 2.41 bits per heavy atom. The van der Waals surface area contributed by atoms with Gasteiger partial charge in [-0.1, -0.05) is 0 Å². The number of rotatable bonds is 3. The number of benzene rings is 1. The smallest absolute Gasteiger partial charge is 0.134 e. The minimum atomic E-state index is -0.799. The predicted octanol–water partition coefficient (Wildman–Crippen LogP) is 3.08. The molecule has 0 aliphatic carbocycles. The van der Waals surface area contributed by atoms with Gasteiger partial charge in [0.25, 0.3) is 0 Å². The van der Waals surface area contributed by atoms with Crippen LogP contribution in [0, 0.1) is 11.6 Å². The maximum absolute atomic E-state index is 13.7. The van der Waals surface area contributed by atoms with Crippen LogP contribution in [-0.4, -0.2) is 7.11 Å². The first-order valence-corrected chi connectivity index (χ1v) is 5.88. The topological polar surface area (TPSA) is 35.2 Å². The summed E-state index contributed by atoms with van der Waals surface area (Å²) in [6.07, 6.45) is 0. The highest BCUT2D eigenvalue weighted by atomic mass is 32.1. The summed E-state index contributed by atoms with van der Waals surface area (Å²) in [6.45, 7) is 0. The quantitative estimate of drug-likeness (QED) is 0.914. The largest absolute Gasteiger partial charge is 0.497 e. The van der Waals surface area contributed by atoms with Crippen LogP contribution < -0.4 is 10.5 Å². The lowest BCUT2D eigenvalue weighted by atomic mass is 10.0. The Kier molecular flexibility index (Phi) is 3.40. The maximum atomic E-state index is 13.7. The molecule has 1 aromatic carbocycles. The summed E-state index contributed by atoms with van der Waals surface area (Å²) in [4.78, 5) is 0. The predicted molar refractivity (Wildman–Crippen MR) is 63.3 cm³/mol. The summed E-state index contributed by atoms with van der Waals surface area (Å²) in [5.41, 5.74) is 6.40. The third-order valence-electron chi connectivity index (χ3n) is 2.50. The molecule has 1 aromatic heterocycles. The van der Waals surface area contributed by atoms with Crippen molar-refractivity contribution in [1.82, 2.24) is 0 Å². The van der Waals surface area contributed by atoms with E-state index in [1.807, 2.05) is 5.38 Å². The molecule has 90 valence electrons. The molecule has 2 nitrogen and oxygen atoms in total. The maximum Gasteiger partial charge on any atom is 0.134 e. The first kappa shape index (κ1) is 12.0.